The molecule has 1 aromatic carbocycles. The summed E-state index contributed by atoms with van der Waals surface area (Å²) in [6.45, 7) is 6.47. The number of nitrogens with zero attached hydrogens (tertiary/aromatic N) is 3. The first-order valence-electron chi connectivity index (χ1n) is 9.70. The quantitative estimate of drug-likeness (QED) is 0.893. The molecule has 7 heteroatoms. The van der Waals surface area contributed by atoms with Crippen molar-refractivity contribution in [1.82, 2.24) is 19.8 Å². The molecule has 0 saturated carbocycles. The number of aromatic amines is 1. The van der Waals surface area contributed by atoms with E-state index in [1.54, 1.807) is 6.92 Å². The van der Waals surface area contributed by atoms with Crippen molar-refractivity contribution in [3.05, 3.63) is 29.6 Å². The largest absolute Gasteiger partial charge is 0.366 e. The van der Waals surface area contributed by atoms with Gasteiger partial charge in [-0.3, -0.25) is 9.69 Å². The first-order valence-corrected chi connectivity index (χ1v) is 9.70. The van der Waals surface area contributed by atoms with Gasteiger partial charge in [0, 0.05) is 39.1 Å². The molecular weight excluding hydrogens is 347 g/mol. The van der Waals surface area contributed by atoms with Gasteiger partial charge in [0.05, 0.1) is 11.0 Å². The lowest BCUT2D eigenvalue weighted by Gasteiger charge is -2.36. The van der Waals surface area contributed by atoms with Crippen molar-refractivity contribution in [2.45, 2.75) is 51.6 Å². The Hall–Kier alpha value is -1.99. The van der Waals surface area contributed by atoms with Crippen LogP contribution in [0.3, 0.4) is 0 Å². The molecule has 1 aromatic heterocycles. The van der Waals surface area contributed by atoms with Crippen LogP contribution in [-0.2, 0) is 16.1 Å². The highest BCUT2D eigenvalue weighted by atomic mass is 19.1. The molecule has 2 aliphatic rings. The van der Waals surface area contributed by atoms with Gasteiger partial charge >= 0.3 is 0 Å². The van der Waals surface area contributed by atoms with Crippen LogP contribution in [0.25, 0.3) is 11.0 Å². The van der Waals surface area contributed by atoms with E-state index in [-0.39, 0.29) is 12.5 Å². The minimum atomic E-state index is -0.984. The van der Waals surface area contributed by atoms with Gasteiger partial charge in [0.2, 0.25) is 5.91 Å². The number of hydrogen-bond donors (Lipinski definition) is 1. The fraction of sp³-hybridized carbons (Fsp3) is 0.600. The maximum Gasteiger partial charge on any atom is 0.219 e. The van der Waals surface area contributed by atoms with E-state index >= 15 is 0 Å². The molecule has 2 aromatic rings. The number of H-pyrrole nitrogens is 1. The van der Waals surface area contributed by atoms with Crippen LogP contribution in [0.5, 0.6) is 0 Å². The van der Waals surface area contributed by atoms with Gasteiger partial charge in [0.1, 0.15) is 24.7 Å². The molecule has 2 fully saturated rings. The highest BCUT2D eigenvalue weighted by Crippen LogP contribution is 2.25. The molecule has 6 nitrogen and oxygen atoms in total. The first-order chi connectivity index (χ1) is 13.0. The third kappa shape index (κ3) is 3.99. The van der Waals surface area contributed by atoms with Crippen molar-refractivity contribution in [2.24, 2.45) is 0 Å². The van der Waals surface area contributed by atoms with Crippen molar-refractivity contribution in [3.63, 3.8) is 0 Å². The van der Waals surface area contributed by atoms with E-state index in [4.69, 9.17) is 4.74 Å². The summed E-state index contributed by atoms with van der Waals surface area (Å²) in [5.74, 6) is 0.858. The smallest absolute Gasteiger partial charge is 0.219 e. The zero-order valence-electron chi connectivity index (χ0n) is 15.9. The maximum absolute atomic E-state index is 14.5. The van der Waals surface area contributed by atoms with Crippen molar-refractivity contribution in [1.29, 1.82) is 0 Å². The van der Waals surface area contributed by atoms with Crippen LogP contribution >= 0.6 is 0 Å². The second kappa shape index (κ2) is 7.56. The first kappa shape index (κ1) is 18.4. The summed E-state index contributed by atoms with van der Waals surface area (Å²) >= 11 is 0. The van der Waals surface area contributed by atoms with E-state index in [1.165, 1.54) is 5.56 Å². The average molecular weight is 374 g/mol. The number of alkyl halides is 1. The van der Waals surface area contributed by atoms with Gasteiger partial charge in [-0.25, -0.2) is 9.37 Å². The molecule has 1 amide bonds. The molecule has 0 bridgehead atoms. The average Bonchev–Trinajstić information content (AvgIpc) is 3.22. The Morgan fingerprint density at radius 3 is 2.85 bits per heavy atom. The monoisotopic (exact) mass is 374 g/mol. The number of likely N-dealkylation sites (tertiary alicyclic amines) is 2. The number of imidazole rings is 1. The number of fused-ring (bicyclic) bond motifs is 1. The fourth-order valence-corrected chi connectivity index (χ4v) is 4.19. The number of piperidine rings is 1. The number of nitrogens with one attached hydrogen (secondary N) is 1. The van der Waals surface area contributed by atoms with E-state index in [0.29, 0.717) is 19.1 Å². The number of ether oxygens (including phenoxy) is 1. The molecular formula is C20H27FN4O2. The van der Waals surface area contributed by atoms with Crippen LogP contribution in [0.2, 0.25) is 0 Å². The molecule has 2 atom stereocenters. The van der Waals surface area contributed by atoms with Crippen LogP contribution in [0, 0.1) is 6.92 Å². The molecule has 3 heterocycles. The van der Waals surface area contributed by atoms with Gasteiger partial charge in [0.15, 0.2) is 0 Å². The Balaban J connectivity index is 1.31. The van der Waals surface area contributed by atoms with Gasteiger partial charge in [-0.1, -0.05) is 6.07 Å². The molecule has 27 heavy (non-hydrogen) atoms. The van der Waals surface area contributed by atoms with Gasteiger partial charge in [-0.2, -0.15) is 0 Å². The van der Waals surface area contributed by atoms with Crippen molar-refractivity contribution < 1.29 is 13.9 Å². The summed E-state index contributed by atoms with van der Waals surface area (Å²) in [6.07, 6.45) is 0.400. The number of carbonyl (C=O) groups excluding carboxylic acids is 1. The molecule has 146 valence electrons. The zero-order chi connectivity index (χ0) is 19.0. The van der Waals surface area contributed by atoms with Crippen LogP contribution in [0.1, 0.15) is 31.2 Å². The van der Waals surface area contributed by atoms with Crippen molar-refractivity contribution in [2.75, 3.05) is 26.2 Å². The van der Waals surface area contributed by atoms with Gasteiger partial charge in [0.25, 0.3) is 0 Å². The summed E-state index contributed by atoms with van der Waals surface area (Å²) in [5.41, 5.74) is 3.06. The van der Waals surface area contributed by atoms with Gasteiger partial charge in [-0.15, -0.1) is 0 Å². The Kier molecular flexibility index (Phi) is 5.14. The number of aromatic nitrogens is 2. The Morgan fingerprint density at radius 1 is 1.33 bits per heavy atom. The number of carbonyl (C=O) groups is 1. The number of halogens is 1. The maximum atomic E-state index is 14.5. The number of benzene rings is 1. The molecule has 0 radical (unpaired) electrons. The third-order valence-corrected chi connectivity index (χ3v) is 5.77. The Morgan fingerprint density at radius 2 is 2.11 bits per heavy atom. The van der Waals surface area contributed by atoms with Crippen molar-refractivity contribution >= 4 is 16.9 Å². The fourth-order valence-electron chi connectivity index (χ4n) is 4.19. The van der Waals surface area contributed by atoms with E-state index in [2.05, 4.69) is 20.9 Å². The summed E-state index contributed by atoms with van der Waals surface area (Å²) in [6, 6.07) is 6.39. The molecule has 2 saturated heterocycles. The predicted octanol–water partition coefficient (Wildman–Crippen LogP) is 2.42. The number of rotatable bonds is 4. The highest BCUT2D eigenvalue weighted by Gasteiger charge is 2.38. The van der Waals surface area contributed by atoms with E-state index in [0.717, 1.165) is 42.8 Å². The molecule has 2 aliphatic heterocycles. The molecule has 0 aliphatic carbocycles. The second-order valence-electron chi connectivity index (χ2n) is 7.76. The minimum Gasteiger partial charge on any atom is -0.366 e. The van der Waals surface area contributed by atoms with Crippen LogP contribution in [0.4, 0.5) is 4.39 Å². The lowest BCUT2D eigenvalue weighted by atomic mass is 10.0. The predicted molar refractivity (Wildman–Crippen MR) is 101 cm³/mol. The van der Waals surface area contributed by atoms with Gasteiger partial charge in [-0.05, 0) is 37.5 Å². The van der Waals surface area contributed by atoms with Crippen LogP contribution < -0.4 is 0 Å². The lowest BCUT2D eigenvalue weighted by Crippen LogP contribution is -2.45. The second-order valence-corrected chi connectivity index (χ2v) is 7.76. The molecule has 1 N–H and O–H groups in total. The Bertz CT molecular complexity index is 815. The number of aryl methyl sites for hydroxylation is 1. The molecule has 0 unspecified atom stereocenters. The lowest BCUT2D eigenvalue weighted by molar-refractivity contribution is -0.130. The Labute approximate surface area is 158 Å². The molecule has 0 spiro atoms. The van der Waals surface area contributed by atoms with Crippen molar-refractivity contribution in [3.8, 4) is 0 Å². The summed E-state index contributed by atoms with van der Waals surface area (Å²) in [4.78, 5) is 23.3. The number of hydrogen-bond acceptors (Lipinski definition) is 4. The molecule has 4 rings (SSSR count). The summed E-state index contributed by atoms with van der Waals surface area (Å²) < 4.78 is 20.4. The highest BCUT2D eigenvalue weighted by molar-refractivity contribution is 5.75. The van der Waals surface area contributed by atoms with E-state index < -0.39 is 12.3 Å². The topological polar surface area (TPSA) is 61.5 Å². The van der Waals surface area contributed by atoms with Crippen LogP contribution in [-0.4, -0.2) is 70.2 Å². The summed E-state index contributed by atoms with van der Waals surface area (Å²) in [7, 11) is 0. The van der Waals surface area contributed by atoms with E-state index in [9.17, 15) is 9.18 Å². The SMILES string of the molecule is CC(=O)N1CCC(N2C[C@@H](F)[C@@H](OCc3nc4ccc(C)cc4[nH]3)C2)CC1. The normalized spacial score (nSPS) is 24.8. The van der Waals surface area contributed by atoms with E-state index in [1.807, 2.05) is 24.0 Å². The minimum absolute atomic E-state index is 0.125. The zero-order valence-corrected chi connectivity index (χ0v) is 15.9. The third-order valence-electron chi connectivity index (χ3n) is 5.77. The standard InChI is InChI=1S/C20H27FN4O2/c1-13-3-4-17-18(9-13)23-20(22-17)12-27-19-11-25(10-16(19)21)15-5-7-24(8-6-15)14(2)26/h3-4,9,15-16,19H,5-8,10-12H2,1-2H3,(H,22,23)/t16-,19+/m1/s1. The van der Waals surface area contributed by atoms with Crippen LogP contribution in [0.15, 0.2) is 18.2 Å². The summed E-state index contributed by atoms with van der Waals surface area (Å²) in [5, 5.41) is 0. The number of amides is 1. The van der Waals surface area contributed by atoms with Gasteiger partial charge < -0.3 is 14.6 Å².